The van der Waals surface area contributed by atoms with Gasteiger partial charge in [-0.15, -0.1) is 0 Å². The first kappa shape index (κ1) is 17.7. The Balaban J connectivity index is 1.45. The molecule has 7 nitrogen and oxygen atoms in total. The summed E-state index contributed by atoms with van der Waals surface area (Å²) in [7, 11) is 2.07. The number of piperazine rings is 1. The monoisotopic (exact) mass is 346 g/mol. The number of amides is 2. The number of likely N-dealkylation sites (N-methyl/N-ethyl adjacent to an activating group) is 1. The third-order valence-corrected chi connectivity index (χ3v) is 4.99. The van der Waals surface area contributed by atoms with Crippen molar-refractivity contribution < 1.29 is 14.7 Å². The molecular formula is C18H26N4O3. The Morgan fingerprint density at radius 2 is 1.80 bits per heavy atom. The topological polar surface area (TPSA) is 76.1 Å². The van der Waals surface area contributed by atoms with Gasteiger partial charge in [0.15, 0.2) is 0 Å². The molecule has 2 N–H and O–H groups in total. The largest absolute Gasteiger partial charge is 0.508 e. The maximum atomic E-state index is 12.4. The third kappa shape index (κ3) is 4.70. The van der Waals surface area contributed by atoms with Crippen molar-refractivity contribution in [3.63, 3.8) is 0 Å². The molecule has 2 aliphatic heterocycles. The van der Waals surface area contributed by atoms with Gasteiger partial charge >= 0.3 is 0 Å². The summed E-state index contributed by atoms with van der Waals surface area (Å²) in [6, 6.07) is 6.45. The van der Waals surface area contributed by atoms with Gasteiger partial charge in [0.2, 0.25) is 11.8 Å². The number of nitrogens with one attached hydrogen (secondary N) is 1. The van der Waals surface area contributed by atoms with Gasteiger partial charge in [-0.25, -0.2) is 0 Å². The Morgan fingerprint density at radius 1 is 1.12 bits per heavy atom. The second-order valence-electron chi connectivity index (χ2n) is 6.94. The molecule has 0 saturated carbocycles. The quantitative estimate of drug-likeness (QED) is 0.773. The average Bonchev–Trinajstić information content (AvgIpc) is 3.06. The SMILES string of the molecule is CN1CCN(C(=O)CN2CCC(C(=O)Nc3ccc(O)cc3)C2)CC1. The van der Waals surface area contributed by atoms with Crippen molar-refractivity contribution >= 4 is 17.5 Å². The molecule has 2 heterocycles. The zero-order valence-electron chi connectivity index (χ0n) is 14.6. The van der Waals surface area contributed by atoms with Gasteiger partial charge in [-0.2, -0.15) is 0 Å². The number of hydrogen-bond donors (Lipinski definition) is 2. The number of anilines is 1. The molecule has 25 heavy (non-hydrogen) atoms. The molecule has 2 saturated heterocycles. The van der Waals surface area contributed by atoms with Crippen molar-refractivity contribution in [3.05, 3.63) is 24.3 Å². The van der Waals surface area contributed by atoms with Crippen molar-refractivity contribution in [1.82, 2.24) is 14.7 Å². The summed E-state index contributed by atoms with van der Waals surface area (Å²) in [5, 5.41) is 12.2. The summed E-state index contributed by atoms with van der Waals surface area (Å²) in [5.74, 6) is 0.203. The molecule has 2 amide bonds. The third-order valence-electron chi connectivity index (χ3n) is 4.99. The van der Waals surface area contributed by atoms with Crippen LogP contribution in [0.5, 0.6) is 5.75 Å². The van der Waals surface area contributed by atoms with E-state index in [1.165, 1.54) is 0 Å². The van der Waals surface area contributed by atoms with E-state index in [-0.39, 0.29) is 23.5 Å². The lowest BCUT2D eigenvalue weighted by atomic mass is 10.1. The zero-order valence-corrected chi connectivity index (χ0v) is 14.6. The highest BCUT2D eigenvalue weighted by atomic mass is 16.3. The highest BCUT2D eigenvalue weighted by molar-refractivity contribution is 5.93. The van der Waals surface area contributed by atoms with Gasteiger partial charge in [-0.05, 0) is 44.3 Å². The van der Waals surface area contributed by atoms with Crippen molar-refractivity contribution in [2.24, 2.45) is 5.92 Å². The average molecular weight is 346 g/mol. The van der Waals surface area contributed by atoms with Crippen molar-refractivity contribution in [2.75, 3.05) is 58.2 Å². The first-order valence-electron chi connectivity index (χ1n) is 8.80. The van der Waals surface area contributed by atoms with Crippen LogP contribution in [0.15, 0.2) is 24.3 Å². The smallest absolute Gasteiger partial charge is 0.236 e. The molecule has 0 spiro atoms. The maximum Gasteiger partial charge on any atom is 0.236 e. The first-order valence-corrected chi connectivity index (χ1v) is 8.80. The minimum absolute atomic E-state index is 0.0276. The van der Waals surface area contributed by atoms with Crippen LogP contribution in [0.3, 0.4) is 0 Å². The minimum atomic E-state index is -0.103. The summed E-state index contributed by atoms with van der Waals surface area (Å²) in [5.41, 5.74) is 0.676. The Morgan fingerprint density at radius 3 is 2.48 bits per heavy atom. The van der Waals surface area contributed by atoms with Crippen molar-refractivity contribution in [3.8, 4) is 5.75 Å². The Kier molecular flexibility index (Phi) is 5.55. The standard InChI is InChI=1S/C18H26N4O3/c1-20-8-10-22(11-9-20)17(24)13-21-7-6-14(12-21)18(25)19-15-2-4-16(23)5-3-15/h2-5,14,23H,6-13H2,1H3,(H,19,25). The summed E-state index contributed by atoms with van der Waals surface area (Å²) in [4.78, 5) is 31.0. The van der Waals surface area contributed by atoms with E-state index in [2.05, 4.69) is 22.2 Å². The van der Waals surface area contributed by atoms with Crippen LogP contribution in [0.4, 0.5) is 5.69 Å². The van der Waals surface area contributed by atoms with Crippen LogP contribution >= 0.6 is 0 Å². The lowest BCUT2D eigenvalue weighted by Crippen LogP contribution is -2.49. The molecule has 136 valence electrons. The number of phenols is 1. The molecule has 1 atom stereocenters. The normalized spacial score (nSPS) is 22.1. The van der Waals surface area contributed by atoms with Gasteiger partial charge in [-0.1, -0.05) is 0 Å². The molecule has 2 fully saturated rings. The fourth-order valence-corrected chi connectivity index (χ4v) is 3.33. The second kappa shape index (κ2) is 7.84. The maximum absolute atomic E-state index is 12.4. The lowest BCUT2D eigenvalue weighted by molar-refractivity contribution is -0.134. The zero-order chi connectivity index (χ0) is 17.8. The van der Waals surface area contributed by atoms with E-state index < -0.39 is 0 Å². The molecular weight excluding hydrogens is 320 g/mol. The number of hydrogen-bond acceptors (Lipinski definition) is 5. The van der Waals surface area contributed by atoms with Gasteiger partial charge in [0, 0.05) is 38.4 Å². The Bertz CT molecular complexity index is 611. The minimum Gasteiger partial charge on any atom is -0.508 e. The van der Waals surface area contributed by atoms with E-state index in [0.717, 1.165) is 39.1 Å². The molecule has 1 aromatic rings. The molecule has 1 aromatic carbocycles. The van der Waals surface area contributed by atoms with Crippen LogP contribution in [-0.4, -0.2) is 84.5 Å². The number of rotatable bonds is 4. The number of phenolic OH excluding ortho intramolecular Hbond substituents is 1. The predicted octanol–water partition coefficient (Wildman–Crippen LogP) is 0.427. The number of benzene rings is 1. The molecule has 0 aromatic heterocycles. The highest BCUT2D eigenvalue weighted by Gasteiger charge is 2.30. The molecule has 3 rings (SSSR count). The number of likely N-dealkylation sites (tertiary alicyclic amines) is 1. The van der Waals surface area contributed by atoms with Crippen LogP contribution in [0.25, 0.3) is 0 Å². The summed E-state index contributed by atoms with van der Waals surface area (Å²) in [6.07, 6.45) is 0.764. The Labute approximate surface area is 148 Å². The fraction of sp³-hybridized carbons (Fsp3) is 0.556. The molecule has 0 bridgehead atoms. The van der Waals surface area contributed by atoms with E-state index in [0.29, 0.717) is 18.8 Å². The summed E-state index contributed by atoms with van der Waals surface area (Å²) < 4.78 is 0. The van der Waals surface area contributed by atoms with Crippen LogP contribution in [0.1, 0.15) is 6.42 Å². The van der Waals surface area contributed by atoms with Gasteiger partial charge < -0.3 is 20.2 Å². The Hall–Kier alpha value is -2.12. The van der Waals surface area contributed by atoms with Gasteiger partial charge in [-0.3, -0.25) is 14.5 Å². The molecule has 1 unspecified atom stereocenters. The van der Waals surface area contributed by atoms with Crippen molar-refractivity contribution in [1.29, 1.82) is 0 Å². The number of nitrogens with zero attached hydrogens (tertiary/aromatic N) is 3. The van der Waals surface area contributed by atoms with Gasteiger partial charge in [0.1, 0.15) is 5.75 Å². The second-order valence-corrected chi connectivity index (χ2v) is 6.94. The lowest BCUT2D eigenvalue weighted by Gasteiger charge is -2.33. The number of carbonyl (C=O) groups excluding carboxylic acids is 2. The molecule has 0 aliphatic carbocycles. The van der Waals surface area contributed by atoms with Gasteiger partial charge in [0.05, 0.1) is 12.5 Å². The van der Waals surface area contributed by atoms with Gasteiger partial charge in [0.25, 0.3) is 0 Å². The summed E-state index contributed by atoms with van der Waals surface area (Å²) in [6.45, 7) is 5.19. The van der Waals surface area contributed by atoms with Crippen LogP contribution in [-0.2, 0) is 9.59 Å². The number of aromatic hydroxyl groups is 1. The van der Waals surface area contributed by atoms with E-state index in [9.17, 15) is 14.7 Å². The van der Waals surface area contributed by atoms with E-state index in [1.807, 2.05) is 4.90 Å². The van der Waals surface area contributed by atoms with E-state index in [4.69, 9.17) is 0 Å². The highest BCUT2D eigenvalue weighted by Crippen LogP contribution is 2.20. The fourth-order valence-electron chi connectivity index (χ4n) is 3.33. The van der Waals surface area contributed by atoms with Crippen molar-refractivity contribution in [2.45, 2.75) is 6.42 Å². The molecule has 0 radical (unpaired) electrons. The first-order chi connectivity index (χ1) is 12.0. The summed E-state index contributed by atoms with van der Waals surface area (Å²) >= 11 is 0. The van der Waals surface area contributed by atoms with E-state index in [1.54, 1.807) is 24.3 Å². The number of carbonyl (C=O) groups is 2. The molecule has 7 heteroatoms. The van der Waals surface area contributed by atoms with Crippen LogP contribution in [0.2, 0.25) is 0 Å². The van der Waals surface area contributed by atoms with E-state index >= 15 is 0 Å². The van der Waals surface area contributed by atoms with Crippen LogP contribution in [0, 0.1) is 5.92 Å². The van der Waals surface area contributed by atoms with Crippen LogP contribution < -0.4 is 5.32 Å². The molecule has 2 aliphatic rings. The predicted molar refractivity (Wildman–Crippen MR) is 95.4 cm³/mol.